The van der Waals surface area contributed by atoms with Gasteiger partial charge in [-0.1, -0.05) is 12.1 Å². The van der Waals surface area contributed by atoms with Gasteiger partial charge in [-0.05, 0) is 51.3 Å². The second-order valence-electron chi connectivity index (χ2n) is 7.51. The molecular weight excluding hydrogens is 391 g/mol. The molecule has 1 fully saturated rings. The van der Waals surface area contributed by atoms with Crippen molar-refractivity contribution in [3.63, 3.8) is 0 Å². The van der Waals surface area contributed by atoms with E-state index >= 15 is 0 Å². The number of thiazole rings is 1. The average Bonchev–Trinajstić information content (AvgIpc) is 3.14. The smallest absolute Gasteiger partial charge is 0.263 e. The number of likely N-dealkylation sites (tertiary alicyclic amines) is 1. The fourth-order valence-electron chi connectivity index (χ4n) is 3.54. The van der Waals surface area contributed by atoms with Crippen molar-refractivity contribution in [3.8, 4) is 0 Å². The number of benzene rings is 1. The quantitative estimate of drug-likeness (QED) is 0.756. The van der Waals surface area contributed by atoms with E-state index < -0.39 is 0 Å². The molecule has 2 heterocycles. The third kappa shape index (κ3) is 5.39. The van der Waals surface area contributed by atoms with E-state index in [2.05, 4.69) is 20.5 Å². The van der Waals surface area contributed by atoms with Gasteiger partial charge in [0, 0.05) is 19.1 Å². The summed E-state index contributed by atoms with van der Waals surface area (Å²) in [7, 11) is 0. The molecule has 29 heavy (non-hydrogen) atoms. The summed E-state index contributed by atoms with van der Waals surface area (Å²) >= 11 is 1.35. The number of carbonyl (C=O) groups is 2. The molecule has 0 spiro atoms. The summed E-state index contributed by atoms with van der Waals surface area (Å²) in [6, 6.07) is 5.81. The van der Waals surface area contributed by atoms with Crippen molar-refractivity contribution in [3.05, 3.63) is 51.7 Å². The SMILES string of the molecule is Cc1ncsc1C(=O)NC1CCN(C(C)C(=O)NC(C)c2ccc(F)cc2)CC1. The fourth-order valence-corrected chi connectivity index (χ4v) is 4.24. The highest BCUT2D eigenvalue weighted by Crippen LogP contribution is 2.18. The summed E-state index contributed by atoms with van der Waals surface area (Å²) in [6.07, 6.45) is 1.60. The molecule has 156 valence electrons. The Balaban J connectivity index is 1.47. The lowest BCUT2D eigenvalue weighted by atomic mass is 10.0. The van der Waals surface area contributed by atoms with E-state index in [0.717, 1.165) is 37.2 Å². The highest BCUT2D eigenvalue weighted by atomic mass is 32.1. The zero-order valence-corrected chi connectivity index (χ0v) is 17.8. The zero-order valence-electron chi connectivity index (χ0n) is 16.9. The van der Waals surface area contributed by atoms with Gasteiger partial charge in [0.15, 0.2) is 0 Å². The number of hydrogen-bond acceptors (Lipinski definition) is 5. The number of halogens is 1. The van der Waals surface area contributed by atoms with E-state index in [9.17, 15) is 14.0 Å². The molecule has 0 saturated carbocycles. The Bertz CT molecular complexity index is 847. The Morgan fingerprint density at radius 3 is 2.45 bits per heavy atom. The van der Waals surface area contributed by atoms with Crippen molar-refractivity contribution in [1.29, 1.82) is 0 Å². The third-order valence-corrected chi connectivity index (χ3v) is 6.40. The van der Waals surface area contributed by atoms with Gasteiger partial charge in [-0.25, -0.2) is 9.37 Å². The first kappa shape index (κ1) is 21.4. The van der Waals surface area contributed by atoms with Gasteiger partial charge in [0.2, 0.25) is 5.91 Å². The van der Waals surface area contributed by atoms with E-state index in [1.807, 2.05) is 20.8 Å². The van der Waals surface area contributed by atoms with Crippen molar-refractivity contribution >= 4 is 23.2 Å². The summed E-state index contributed by atoms with van der Waals surface area (Å²) in [4.78, 5) is 31.9. The monoisotopic (exact) mass is 418 g/mol. The molecule has 8 heteroatoms. The molecule has 0 aliphatic carbocycles. The van der Waals surface area contributed by atoms with E-state index in [1.165, 1.54) is 23.5 Å². The molecule has 2 amide bonds. The van der Waals surface area contributed by atoms with E-state index in [1.54, 1.807) is 17.6 Å². The van der Waals surface area contributed by atoms with Crippen LogP contribution in [-0.4, -0.2) is 46.9 Å². The van der Waals surface area contributed by atoms with Crippen LogP contribution in [0, 0.1) is 12.7 Å². The number of aryl methyl sites for hydroxylation is 1. The van der Waals surface area contributed by atoms with Gasteiger partial charge in [0.05, 0.1) is 23.3 Å². The normalized spacial score (nSPS) is 17.5. The van der Waals surface area contributed by atoms with E-state index in [0.29, 0.717) is 4.88 Å². The number of hydrogen-bond donors (Lipinski definition) is 2. The fraction of sp³-hybridized carbons (Fsp3) is 0.476. The highest BCUT2D eigenvalue weighted by molar-refractivity contribution is 7.11. The van der Waals surface area contributed by atoms with Crippen LogP contribution in [0.4, 0.5) is 4.39 Å². The van der Waals surface area contributed by atoms with E-state index in [4.69, 9.17) is 0 Å². The maximum atomic E-state index is 13.1. The minimum absolute atomic E-state index is 0.0513. The minimum atomic E-state index is -0.291. The predicted octanol–water partition coefficient (Wildman–Crippen LogP) is 3.05. The predicted molar refractivity (Wildman–Crippen MR) is 111 cm³/mol. The number of piperidine rings is 1. The molecule has 2 unspecified atom stereocenters. The first-order valence-corrected chi connectivity index (χ1v) is 10.7. The molecule has 0 radical (unpaired) electrons. The van der Waals surface area contributed by atoms with Gasteiger partial charge in [-0.3, -0.25) is 14.5 Å². The van der Waals surface area contributed by atoms with Gasteiger partial charge in [0.25, 0.3) is 5.91 Å². The lowest BCUT2D eigenvalue weighted by Crippen LogP contribution is -2.51. The molecule has 1 saturated heterocycles. The molecule has 3 rings (SSSR count). The van der Waals surface area contributed by atoms with Crippen LogP contribution in [0.25, 0.3) is 0 Å². The first-order chi connectivity index (χ1) is 13.8. The van der Waals surface area contributed by atoms with Gasteiger partial charge in [-0.15, -0.1) is 11.3 Å². The molecular formula is C21H27FN4O2S. The number of nitrogens with zero attached hydrogens (tertiary/aromatic N) is 2. The van der Waals surface area contributed by atoms with Crippen molar-refractivity contribution in [2.24, 2.45) is 0 Å². The first-order valence-electron chi connectivity index (χ1n) is 9.86. The summed E-state index contributed by atoms with van der Waals surface area (Å²) in [6.45, 7) is 7.10. The Morgan fingerprint density at radius 1 is 1.21 bits per heavy atom. The van der Waals surface area contributed by atoms with Crippen LogP contribution >= 0.6 is 11.3 Å². The topological polar surface area (TPSA) is 74.3 Å². The molecule has 1 aromatic heterocycles. The molecule has 2 atom stereocenters. The molecule has 2 N–H and O–H groups in total. The number of rotatable bonds is 6. The maximum absolute atomic E-state index is 13.1. The second-order valence-corrected chi connectivity index (χ2v) is 8.36. The Morgan fingerprint density at radius 2 is 1.86 bits per heavy atom. The van der Waals surface area contributed by atoms with E-state index in [-0.39, 0.29) is 35.8 Å². The zero-order chi connectivity index (χ0) is 21.0. The number of nitrogens with one attached hydrogen (secondary N) is 2. The van der Waals surface area contributed by atoms with Crippen molar-refractivity contribution in [2.75, 3.05) is 13.1 Å². The summed E-state index contributed by atoms with van der Waals surface area (Å²) in [5, 5.41) is 6.09. The van der Waals surface area contributed by atoms with Crippen LogP contribution in [-0.2, 0) is 4.79 Å². The second kappa shape index (κ2) is 9.45. The van der Waals surface area contributed by atoms with Crippen LogP contribution in [0.2, 0.25) is 0 Å². The number of carbonyl (C=O) groups excluding carboxylic acids is 2. The van der Waals surface area contributed by atoms with Crippen LogP contribution in [0.5, 0.6) is 0 Å². The molecule has 0 bridgehead atoms. The number of aromatic nitrogens is 1. The van der Waals surface area contributed by atoms with Gasteiger partial charge in [0.1, 0.15) is 10.7 Å². The van der Waals surface area contributed by atoms with Gasteiger partial charge in [-0.2, -0.15) is 0 Å². The Hall–Kier alpha value is -2.32. The van der Waals surface area contributed by atoms with Crippen molar-refractivity contribution in [2.45, 2.75) is 51.7 Å². The maximum Gasteiger partial charge on any atom is 0.263 e. The summed E-state index contributed by atoms with van der Waals surface area (Å²) in [5.74, 6) is -0.409. The standard InChI is InChI=1S/C21H27FN4O2S/c1-13(16-4-6-17(22)7-5-16)24-20(27)15(3)26-10-8-18(9-11-26)25-21(28)19-14(2)23-12-29-19/h4-7,12-13,15,18H,8-11H2,1-3H3,(H,24,27)(H,25,28). The third-order valence-electron chi connectivity index (χ3n) is 5.47. The van der Waals surface area contributed by atoms with Crippen molar-refractivity contribution in [1.82, 2.24) is 20.5 Å². The average molecular weight is 419 g/mol. The summed E-state index contributed by atoms with van der Waals surface area (Å²) < 4.78 is 13.1. The van der Waals surface area contributed by atoms with Crippen LogP contribution < -0.4 is 10.6 Å². The molecule has 2 aromatic rings. The Kier molecular flexibility index (Phi) is 6.97. The van der Waals surface area contributed by atoms with Crippen LogP contribution in [0.1, 0.15) is 53.7 Å². The number of amides is 2. The Labute approximate surface area is 174 Å². The molecule has 1 aliphatic heterocycles. The molecule has 6 nitrogen and oxygen atoms in total. The van der Waals surface area contributed by atoms with Gasteiger partial charge >= 0.3 is 0 Å². The van der Waals surface area contributed by atoms with Crippen molar-refractivity contribution < 1.29 is 14.0 Å². The summed E-state index contributed by atoms with van der Waals surface area (Å²) in [5.41, 5.74) is 3.30. The van der Waals surface area contributed by atoms with Crippen LogP contribution in [0.15, 0.2) is 29.8 Å². The molecule has 1 aliphatic rings. The largest absolute Gasteiger partial charge is 0.348 e. The lowest BCUT2D eigenvalue weighted by Gasteiger charge is -2.36. The minimum Gasteiger partial charge on any atom is -0.348 e. The highest BCUT2D eigenvalue weighted by Gasteiger charge is 2.28. The van der Waals surface area contributed by atoms with Gasteiger partial charge < -0.3 is 10.6 Å². The lowest BCUT2D eigenvalue weighted by molar-refractivity contribution is -0.127. The van der Waals surface area contributed by atoms with Crippen LogP contribution in [0.3, 0.4) is 0 Å². The molecule has 1 aromatic carbocycles.